The highest BCUT2D eigenvalue weighted by molar-refractivity contribution is 7.89. The van der Waals surface area contributed by atoms with Gasteiger partial charge in [0.2, 0.25) is 15.9 Å². The number of piperidine rings is 2. The van der Waals surface area contributed by atoms with Crippen molar-refractivity contribution in [3.8, 4) is 0 Å². The van der Waals surface area contributed by atoms with Crippen LogP contribution < -0.4 is 0 Å². The Hall–Kier alpha value is -1.93. The van der Waals surface area contributed by atoms with E-state index >= 15 is 0 Å². The molecule has 2 amide bonds. The fraction of sp³-hybridized carbons (Fsp3) is 0.636. The molecule has 0 spiro atoms. The lowest BCUT2D eigenvalue weighted by Crippen LogP contribution is -2.45. The zero-order valence-corrected chi connectivity index (χ0v) is 19.0. The highest BCUT2D eigenvalue weighted by Crippen LogP contribution is 2.24. The van der Waals surface area contributed by atoms with Gasteiger partial charge in [0.25, 0.3) is 5.91 Å². The molecule has 0 radical (unpaired) electrons. The van der Waals surface area contributed by atoms with Crippen LogP contribution in [0, 0.1) is 5.92 Å². The Morgan fingerprint density at radius 3 is 2.03 bits per heavy atom. The van der Waals surface area contributed by atoms with Crippen LogP contribution in [0.5, 0.6) is 0 Å². The standard InChI is InChI=1S/C22H33N3O4S/c1-17(2)23(3)30(28,29)20-9-7-18(8-10-20)21(26)25-15-11-19(12-16-25)22(27)24-13-5-4-6-14-24/h7-10,17,19H,4-6,11-16H2,1-3H3. The highest BCUT2D eigenvalue weighted by Gasteiger charge is 2.31. The van der Waals surface area contributed by atoms with Crippen LogP contribution in [0.3, 0.4) is 0 Å². The number of hydrogen-bond donors (Lipinski definition) is 0. The molecule has 0 atom stereocenters. The van der Waals surface area contributed by atoms with Crippen molar-refractivity contribution in [3.05, 3.63) is 29.8 Å². The van der Waals surface area contributed by atoms with E-state index in [2.05, 4.69) is 0 Å². The van der Waals surface area contributed by atoms with Crippen LogP contribution in [0.25, 0.3) is 0 Å². The molecular formula is C22H33N3O4S. The zero-order chi connectivity index (χ0) is 21.9. The molecule has 8 heteroatoms. The van der Waals surface area contributed by atoms with Crippen LogP contribution >= 0.6 is 0 Å². The molecule has 0 bridgehead atoms. The molecule has 7 nitrogen and oxygen atoms in total. The minimum atomic E-state index is -3.57. The summed E-state index contributed by atoms with van der Waals surface area (Å²) in [6.07, 6.45) is 4.74. The molecule has 2 aliphatic heterocycles. The maximum absolute atomic E-state index is 12.9. The molecule has 2 heterocycles. The molecule has 166 valence electrons. The van der Waals surface area contributed by atoms with Gasteiger partial charge in [-0.05, 0) is 70.2 Å². The Balaban J connectivity index is 1.59. The van der Waals surface area contributed by atoms with Crippen LogP contribution in [-0.2, 0) is 14.8 Å². The van der Waals surface area contributed by atoms with Crippen molar-refractivity contribution in [2.24, 2.45) is 5.92 Å². The van der Waals surface area contributed by atoms with E-state index in [4.69, 9.17) is 0 Å². The molecule has 0 aromatic heterocycles. The second kappa shape index (κ2) is 9.47. The summed E-state index contributed by atoms with van der Waals surface area (Å²) in [5.74, 6) is 0.136. The molecule has 3 rings (SSSR count). The monoisotopic (exact) mass is 435 g/mol. The summed E-state index contributed by atoms with van der Waals surface area (Å²) in [7, 11) is -2.02. The normalized spacial score (nSPS) is 18.8. The summed E-state index contributed by atoms with van der Waals surface area (Å²) >= 11 is 0. The van der Waals surface area contributed by atoms with Crippen molar-refractivity contribution < 1.29 is 18.0 Å². The minimum Gasteiger partial charge on any atom is -0.342 e. The minimum absolute atomic E-state index is 0.00578. The summed E-state index contributed by atoms with van der Waals surface area (Å²) in [5, 5.41) is 0. The first-order valence-corrected chi connectivity index (χ1v) is 12.3. The number of carbonyl (C=O) groups excluding carboxylic acids is 2. The number of likely N-dealkylation sites (tertiary alicyclic amines) is 2. The molecule has 2 fully saturated rings. The van der Waals surface area contributed by atoms with Gasteiger partial charge in [-0.15, -0.1) is 0 Å². The Morgan fingerprint density at radius 2 is 1.50 bits per heavy atom. The molecule has 0 unspecified atom stereocenters. The number of amides is 2. The van der Waals surface area contributed by atoms with Gasteiger partial charge in [-0.3, -0.25) is 9.59 Å². The Bertz CT molecular complexity index is 853. The Morgan fingerprint density at radius 1 is 0.933 bits per heavy atom. The molecular weight excluding hydrogens is 402 g/mol. The van der Waals surface area contributed by atoms with E-state index in [1.165, 1.54) is 22.9 Å². The summed E-state index contributed by atoms with van der Waals surface area (Å²) in [5.41, 5.74) is 0.474. The molecule has 30 heavy (non-hydrogen) atoms. The highest BCUT2D eigenvalue weighted by atomic mass is 32.2. The molecule has 1 aromatic carbocycles. The zero-order valence-electron chi connectivity index (χ0n) is 18.2. The molecule has 2 saturated heterocycles. The third-order valence-corrected chi connectivity index (χ3v) is 8.35. The molecule has 2 aliphatic rings. The van der Waals surface area contributed by atoms with E-state index in [1.807, 2.05) is 18.7 Å². The third-order valence-electron chi connectivity index (χ3n) is 6.30. The SMILES string of the molecule is CC(C)N(C)S(=O)(=O)c1ccc(C(=O)N2CCC(C(=O)N3CCCCC3)CC2)cc1. The third kappa shape index (κ3) is 4.86. The van der Waals surface area contributed by atoms with Gasteiger partial charge >= 0.3 is 0 Å². The lowest BCUT2D eigenvalue weighted by Gasteiger charge is -2.35. The van der Waals surface area contributed by atoms with Gasteiger partial charge in [-0.25, -0.2) is 8.42 Å². The second-order valence-electron chi connectivity index (χ2n) is 8.59. The number of rotatable bonds is 5. The summed E-state index contributed by atoms with van der Waals surface area (Å²) in [4.78, 5) is 29.5. The van der Waals surface area contributed by atoms with E-state index in [0.717, 1.165) is 25.9 Å². The lowest BCUT2D eigenvalue weighted by atomic mass is 9.94. The average molecular weight is 436 g/mol. The van der Waals surface area contributed by atoms with Crippen molar-refractivity contribution in [2.75, 3.05) is 33.2 Å². The fourth-order valence-electron chi connectivity index (χ4n) is 4.10. The first kappa shape index (κ1) is 22.7. The van der Waals surface area contributed by atoms with Crippen molar-refractivity contribution in [3.63, 3.8) is 0 Å². The average Bonchev–Trinajstić information content (AvgIpc) is 2.78. The Labute approximate surface area is 180 Å². The smallest absolute Gasteiger partial charge is 0.253 e. The van der Waals surface area contributed by atoms with Gasteiger partial charge in [-0.1, -0.05) is 0 Å². The number of hydrogen-bond acceptors (Lipinski definition) is 4. The molecule has 1 aromatic rings. The van der Waals surface area contributed by atoms with E-state index < -0.39 is 10.0 Å². The van der Waals surface area contributed by atoms with E-state index in [0.29, 0.717) is 31.5 Å². The van der Waals surface area contributed by atoms with E-state index in [1.54, 1.807) is 24.1 Å². The number of nitrogens with zero attached hydrogens (tertiary/aromatic N) is 3. The summed E-state index contributed by atoms with van der Waals surface area (Å²) < 4.78 is 26.5. The number of benzene rings is 1. The number of carbonyl (C=O) groups is 2. The second-order valence-corrected chi connectivity index (χ2v) is 10.6. The predicted octanol–water partition coefficient (Wildman–Crippen LogP) is 2.58. The molecule has 0 aliphatic carbocycles. The maximum Gasteiger partial charge on any atom is 0.253 e. The van der Waals surface area contributed by atoms with Crippen molar-refractivity contribution in [2.45, 2.75) is 56.9 Å². The van der Waals surface area contributed by atoms with Crippen LogP contribution in [-0.4, -0.2) is 73.6 Å². The quantitative estimate of drug-likeness (QED) is 0.712. The lowest BCUT2D eigenvalue weighted by molar-refractivity contribution is -0.137. The van der Waals surface area contributed by atoms with Crippen molar-refractivity contribution >= 4 is 21.8 Å². The topological polar surface area (TPSA) is 78.0 Å². The van der Waals surface area contributed by atoms with Crippen LogP contribution in [0.2, 0.25) is 0 Å². The largest absolute Gasteiger partial charge is 0.342 e. The van der Waals surface area contributed by atoms with Gasteiger partial charge < -0.3 is 9.80 Å². The predicted molar refractivity (Wildman–Crippen MR) is 116 cm³/mol. The van der Waals surface area contributed by atoms with Gasteiger partial charge in [0.15, 0.2) is 0 Å². The number of sulfonamides is 1. The van der Waals surface area contributed by atoms with E-state index in [-0.39, 0.29) is 28.7 Å². The van der Waals surface area contributed by atoms with Gasteiger partial charge in [0.05, 0.1) is 4.90 Å². The van der Waals surface area contributed by atoms with Gasteiger partial charge in [0, 0.05) is 50.7 Å². The fourth-order valence-corrected chi connectivity index (χ4v) is 5.47. The maximum atomic E-state index is 12.9. The molecule has 0 saturated carbocycles. The molecule has 0 N–H and O–H groups in total. The van der Waals surface area contributed by atoms with Crippen LogP contribution in [0.15, 0.2) is 29.2 Å². The van der Waals surface area contributed by atoms with Crippen LogP contribution in [0.4, 0.5) is 0 Å². The van der Waals surface area contributed by atoms with Crippen LogP contribution in [0.1, 0.15) is 56.3 Å². The Kier molecular flexibility index (Phi) is 7.18. The first-order chi connectivity index (χ1) is 14.2. The van der Waals surface area contributed by atoms with E-state index in [9.17, 15) is 18.0 Å². The summed E-state index contributed by atoms with van der Waals surface area (Å²) in [6.45, 7) is 6.46. The first-order valence-electron chi connectivity index (χ1n) is 10.9. The summed E-state index contributed by atoms with van der Waals surface area (Å²) in [6, 6.07) is 6.00. The van der Waals surface area contributed by atoms with Gasteiger partial charge in [0.1, 0.15) is 0 Å². The van der Waals surface area contributed by atoms with Crippen molar-refractivity contribution in [1.82, 2.24) is 14.1 Å². The van der Waals surface area contributed by atoms with Crippen molar-refractivity contribution in [1.29, 1.82) is 0 Å². The van der Waals surface area contributed by atoms with Gasteiger partial charge in [-0.2, -0.15) is 4.31 Å².